The fraction of sp³-hybridized carbons (Fsp3) is 0.333. The van der Waals surface area contributed by atoms with Crippen LogP contribution < -0.4 is 0 Å². The van der Waals surface area contributed by atoms with Gasteiger partial charge in [-0.25, -0.2) is 0 Å². The van der Waals surface area contributed by atoms with Crippen molar-refractivity contribution in [3.63, 3.8) is 0 Å². The maximum absolute atomic E-state index is 12.3. The van der Waals surface area contributed by atoms with E-state index in [1.807, 2.05) is 6.07 Å². The molecule has 3 rings (SSSR count). The lowest BCUT2D eigenvalue weighted by Crippen LogP contribution is -2.46. The number of benzene rings is 2. The summed E-state index contributed by atoms with van der Waals surface area (Å²) in [6, 6.07) is 19.6. The fourth-order valence-electron chi connectivity index (χ4n) is 3.18. The van der Waals surface area contributed by atoms with Crippen molar-refractivity contribution in [2.24, 2.45) is 0 Å². The number of piperazine rings is 1. The summed E-state index contributed by atoms with van der Waals surface area (Å²) in [5, 5.41) is 8.93. The quantitative estimate of drug-likeness (QED) is 0.685. The van der Waals surface area contributed by atoms with Crippen LogP contribution >= 0.6 is 24.8 Å². The molecule has 0 atom stereocenters. The Hall–Kier alpha value is -1.90. The molecule has 0 spiro atoms. The number of hydrogen-bond donors (Lipinski definition) is 0. The van der Waals surface area contributed by atoms with E-state index < -0.39 is 0 Å². The van der Waals surface area contributed by atoms with Gasteiger partial charge in [-0.1, -0.05) is 42.5 Å². The summed E-state index contributed by atoms with van der Waals surface area (Å²) in [4.78, 5) is 17.1. The number of hydrogen-bond acceptors (Lipinski definition) is 4. The highest BCUT2D eigenvalue weighted by atomic mass is 35.5. The van der Waals surface area contributed by atoms with E-state index in [2.05, 4.69) is 40.1 Å². The minimum absolute atomic E-state index is 0. The summed E-state index contributed by atoms with van der Waals surface area (Å²) in [5.74, 6) is 0.115. The van der Waals surface area contributed by atoms with Gasteiger partial charge in [0.2, 0.25) is 0 Å². The van der Waals surface area contributed by atoms with Crippen LogP contribution in [0.2, 0.25) is 0 Å². The van der Waals surface area contributed by atoms with Crippen LogP contribution in [0.15, 0.2) is 54.6 Å². The van der Waals surface area contributed by atoms with Crippen LogP contribution in [-0.4, -0.2) is 48.3 Å². The third-order valence-corrected chi connectivity index (χ3v) is 4.68. The van der Waals surface area contributed by atoms with Gasteiger partial charge in [-0.05, 0) is 17.7 Å². The van der Waals surface area contributed by atoms with Crippen molar-refractivity contribution in [1.82, 2.24) is 9.80 Å². The Morgan fingerprint density at radius 1 is 0.926 bits per heavy atom. The number of halogens is 2. The average Bonchev–Trinajstić information content (AvgIpc) is 2.68. The summed E-state index contributed by atoms with van der Waals surface area (Å²) in [6.45, 7) is 5.85. The Labute approximate surface area is 173 Å². The smallest absolute Gasteiger partial charge is 0.164 e. The van der Waals surface area contributed by atoms with Gasteiger partial charge in [0.25, 0.3) is 0 Å². The van der Waals surface area contributed by atoms with Gasteiger partial charge in [0.05, 0.1) is 11.6 Å². The molecular weight excluding hydrogens is 381 g/mol. The molecule has 1 aliphatic rings. The molecule has 0 saturated carbocycles. The van der Waals surface area contributed by atoms with E-state index in [-0.39, 0.29) is 30.6 Å². The molecule has 0 aliphatic carbocycles. The number of Topliss-reactive ketones (excluding diaryl/α,β-unsaturated/α-hetero) is 1. The van der Waals surface area contributed by atoms with Crippen molar-refractivity contribution in [2.45, 2.75) is 13.0 Å². The highest BCUT2D eigenvalue weighted by molar-refractivity contribution is 5.96. The van der Waals surface area contributed by atoms with Crippen LogP contribution in [0, 0.1) is 11.3 Å². The van der Waals surface area contributed by atoms with Gasteiger partial charge in [-0.15, -0.1) is 24.8 Å². The summed E-state index contributed by atoms with van der Waals surface area (Å²) in [6.07, 6.45) is 0.508. The van der Waals surface area contributed by atoms with E-state index in [1.54, 1.807) is 24.3 Å². The molecule has 0 amide bonds. The molecule has 1 fully saturated rings. The SMILES string of the molecule is Cl.Cl.N#Cc1cccc(C(=O)CCN2CCN(Cc3ccccc3)CC2)c1. The lowest BCUT2D eigenvalue weighted by molar-refractivity contribution is 0.0922. The molecule has 2 aromatic rings. The molecule has 6 heteroatoms. The second-order valence-electron chi connectivity index (χ2n) is 6.47. The molecule has 27 heavy (non-hydrogen) atoms. The summed E-state index contributed by atoms with van der Waals surface area (Å²) in [5.41, 5.74) is 2.53. The first kappa shape index (κ1) is 23.1. The minimum Gasteiger partial charge on any atom is -0.300 e. The molecular formula is C21H25Cl2N3O. The Morgan fingerprint density at radius 3 is 2.26 bits per heavy atom. The Balaban J connectivity index is 0.00000182. The molecule has 144 valence electrons. The van der Waals surface area contributed by atoms with Gasteiger partial charge < -0.3 is 4.90 Å². The normalized spacial score (nSPS) is 14.5. The van der Waals surface area contributed by atoms with Gasteiger partial charge in [0, 0.05) is 51.3 Å². The Morgan fingerprint density at radius 2 is 1.59 bits per heavy atom. The van der Waals surface area contributed by atoms with E-state index in [0.717, 1.165) is 39.3 Å². The first-order chi connectivity index (χ1) is 12.2. The molecule has 2 aromatic carbocycles. The zero-order valence-corrected chi connectivity index (χ0v) is 16.8. The van der Waals surface area contributed by atoms with Crippen molar-refractivity contribution < 1.29 is 4.79 Å². The van der Waals surface area contributed by atoms with E-state index in [9.17, 15) is 4.79 Å². The molecule has 4 nitrogen and oxygen atoms in total. The highest BCUT2D eigenvalue weighted by Gasteiger charge is 2.18. The van der Waals surface area contributed by atoms with Crippen LogP contribution in [0.4, 0.5) is 0 Å². The van der Waals surface area contributed by atoms with Crippen LogP contribution in [0.3, 0.4) is 0 Å². The zero-order valence-electron chi connectivity index (χ0n) is 15.2. The number of carbonyl (C=O) groups excluding carboxylic acids is 1. The number of nitriles is 1. The number of ketones is 1. The molecule has 1 aliphatic heterocycles. The van der Waals surface area contributed by atoms with Crippen LogP contribution in [0.5, 0.6) is 0 Å². The summed E-state index contributed by atoms with van der Waals surface area (Å²) < 4.78 is 0. The maximum Gasteiger partial charge on any atom is 0.164 e. The van der Waals surface area contributed by atoms with Gasteiger partial charge in [0.1, 0.15) is 0 Å². The van der Waals surface area contributed by atoms with Gasteiger partial charge >= 0.3 is 0 Å². The van der Waals surface area contributed by atoms with Crippen LogP contribution in [-0.2, 0) is 6.54 Å². The van der Waals surface area contributed by atoms with Crippen molar-refractivity contribution in [2.75, 3.05) is 32.7 Å². The first-order valence-electron chi connectivity index (χ1n) is 8.76. The summed E-state index contributed by atoms with van der Waals surface area (Å²) in [7, 11) is 0. The van der Waals surface area contributed by atoms with E-state index in [1.165, 1.54) is 5.56 Å². The molecule has 0 unspecified atom stereocenters. The van der Waals surface area contributed by atoms with Gasteiger partial charge in [0.15, 0.2) is 5.78 Å². The van der Waals surface area contributed by atoms with E-state index >= 15 is 0 Å². The minimum atomic E-state index is 0. The highest BCUT2D eigenvalue weighted by Crippen LogP contribution is 2.11. The predicted octanol–water partition coefficient (Wildman–Crippen LogP) is 3.79. The standard InChI is InChI=1S/C21H23N3O.2ClH/c22-16-19-7-4-8-20(15-19)21(25)9-10-23-11-13-24(14-12-23)17-18-5-2-1-3-6-18;;/h1-8,15H,9-14,17H2;2*1H. The number of rotatable bonds is 6. The van der Waals surface area contributed by atoms with Crippen molar-refractivity contribution in [3.05, 3.63) is 71.3 Å². The fourth-order valence-corrected chi connectivity index (χ4v) is 3.18. The van der Waals surface area contributed by atoms with Crippen LogP contribution in [0.25, 0.3) is 0 Å². The van der Waals surface area contributed by atoms with Crippen molar-refractivity contribution in [3.8, 4) is 6.07 Å². The van der Waals surface area contributed by atoms with Crippen LogP contribution in [0.1, 0.15) is 27.9 Å². The Kier molecular flexibility index (Phi) is 10.1. The molecule has 1 heterocycles. The topological polar surface area (TPSA) is 47.3 Å². The Bertz CT molecular complexity index is 754. The van der Waals surface area contributed by atoms with Gasteiger partial charge in [-0.3, -0.25) is 9.69 Å². The number of nitrogens with zero attached hydrogens (tertiary/aromatic N) is 3. The largest absolute Gasteiger partial charge is 0.300 e. The predicted molar refractivity (Wildman–Crippen MR) is 113 cm³/mol. The monoisotopic (exact) mass is 405 g/mol. The van der Waals surface area contributed by atoms with Gasteiger partial charge in [-0.2, -0.15) is 5.26 Å². The third-order valence-electron chi connectivity index (χ3n) is 4.68. The lowest BCUT2D eigenvalue weighted by atomic mass is 10.1. The first-order valence-corrected chi connectivity index (χ1v) is 8.76. The zero-order chi connectivity index (χ0) is 17.5. The molecule has 0 radical (unpaired) electrons. The van der Waals surface area contributed by atoms with Crippen molar-refractivity contribution in [1.29, 1.82) is 5.26 Å². The molecule has 1 saturated heterocycles. The second-order valence-corrected chi connectivity index (χ2v) is 6.47. The molecule has 0 aromatic heterocycles. The molecule has 0 bridgehead atoms. The van der Waals surface area contributed by atoms with Crippen molar-refractivity contribution >= 4 is 30.6 Å². The van der Waals surface area contributed by atoms with E-state index in [4.69, 9.17) is 5.26 Å². The third kappa shape index (κ3) is 6.97. The number of carbonyl (C=O) groups is 1. The molecule has 0 N–H and O–H groups in total. The second kappa shape index (κ2) is 11.7. The maximum atomic E-state index is 12.3. The average molecular weight is 406 g/mol. The summed E-state index contributed by atoms with van der Waals surface area (Å²) >= 11 is 0. The van der Waals surface area contributed by atoms with E-state index in [0.29, 0.717) is 17.5 Å². The lowest BCUT2D eigenvalue weighted by Gasteiger charge is -2.34.